The molecule has 1 amide bonds. The molecule has 0 spiro atoms. The molecule has 0 saturated carbocycles. The molecule has 0 aromatic carbocycles. The largest absolute Gasteiger partial charge is 0.343 e. The summed E-state index contributed by atoms with van der Waals surface area (Å²) < 4.78 is 0. The first-order valence-corrected chi connectivity index (χ1v) is 6.35. The van der Waals surface area contributed by atoms with E-state index in [9.17, 15) is 4.79 Å². The number of nitrogens with one attached hydrogen (secondary N) is 1. The van der Waals surface area contributed by atoms with Crippen molar-refractivity contribution in [3.05, 3.63) is 0 Å². The number of hydrogen-bond donors (Lipinski definition) is 1. The average molecular weight is 210 g/mol. The summed E-state index contributed by atoms with van der Waals surface area (Å²) in [5, 5.41) is 3.40. The topological polar surface area (TPSA) is 32.3 Å². The van der Waals surface area contributed by atoms with Crippen LogP contribution in [0.5, 0.6) is 0 Å². The summed E-state index contributed by atoms with van der Waals surface area (Å²) in [5.41, 5.74) is 0. The molecule has 0 bridgehead atoms. The fraction of sp³-hybridized carbons (Fsp3) is 0.917. The summed E-state index contributed by atoms with van der Waals surface area (Å²) in [4.78, 5) is 14.0. The number of likely N-dealkylation sites (tertiary alicyclic amines) is 1. The van der Waals surface area contributed by atoms with Crippen molar-refractivity contribution in [2.24, 2.45) is 5.92 Å². The Kier molecular flexibility index (Phi) is 4.01. The van der Waals surface area contributed by atoms with Crippen molar-refractivity contribution in [2.75, 3.05) is 26.2 Å². The molecular formula is C12H22N2O. The molecule has 1 N–H and O–H groups in total. The Morgan fingerprint density at radius 2 is 1.93 bits per heavy atom. The van der Waals surface area contributed by atoms with Crippen molar-refractivity contribution < 1.29 is 4.79 Å². The lowest BCUT2D eigenvalue weighted by molar-refractivity contribution is -0.131. The van der Waals surface area contributed by atoms with Crippen molar-refractivity contribution in [1.82, 2.24) is 10.2 Å². The molecule has 15 heavy (non-hydrogen) atoms. The number of amides is 1. The minimum atomic E-state index is 0.402. The van der Waals surface area contributed by atoms with E-state index in [1.807, 2.05) is 0 Å². The van der Waals surface area contributed by atoms with Crippen LogP contribution in [0.2, 0.25) is 0 Å². The zero-order valence-corrected chi connectivity index (χ0v) is 9.50. The molecule has 0 aliphatic carbocycles. The van der Waals surface area contributed by atoms with Gasteiger partial charge >= 0.3 is 0 Å². The fourth-order valence-electron chi connectivity index (χ4n) is 2.64. The molecular weight excluding hydrogens is 188 g/mol. The van der Waals surface area contributed by atoms with E-state index in [-0.39, 0.29) is 0 Å². The van der Waals surface area contributed by atoms with Crippen molar-refractivity contribution in [2.45, 2.75) is 38.5 Å². The van der Waals surface area contributed by atoms with Gasteiger partial charge in [-0.3, -0.25) is 4.79 Å². The molecule has 3 nitrogen and oxygen atoms in total. The molecule has 0 radical (unpaired) electrons. The summed E-state index contributed by atoms with van der Waals surface area (Å²) in [6.45, 7) is 4.24. The molecule has 1 atom stereocenters. The Hall–Kier alpha value is -0.570. The smallest absolute Gasteiger partial charge is 0.222 e. The van der Waals surface area contributed by atoms with E-state index in [0.717, 1.165) is 32.6 Å². The van der Waals surface area contributed by atoms with Gasteiger partial charge in [0.05, 0.1) is 0 Å². The summed E-state index contributed by atoms with van der Waals surface area (Å²) in [6, 6.07) is 0. The molecule has 2 fully saturated rings. The van der Waals surface area contributed by atoms with Gasteiger partial charge in [-0.25, -0.2) is 0 Å². The molecule has 3 heteroatoms. The number of carbonyl (C=O) groups excluding carboxylic acids is 1. The van der Waals surface area contributed by atoms with Gasteiger partial charge in [0.25, 0.3) is 0 Å². The van der Waals surface area contributed by atoms with Crippen LogP contribution < -0.4 is 5.32 Å². The van der Waals surface area contributed by atoms with Crippen LogP contribution in [0.4, 0.5) is 0 Å². The van der Waals surface area contributed by atoms with Crippen LogP contribution in [0.3, 0.4) is 0 Å². The molecule has 0 unspecified atom stereocenters. The summed E-state index contributed by atoms with van der Waals surface area (Å²) in [7, 11) is 0. The number of rotatable bonds is 2. The van der Waals surface area contributed by atoms with Crippen LogP contribution in [0.15, 0.2) is 0 Å². The maximum atomic E-state index is 11.9. The first-order chi connectivity index (χ1) is 7.36. The molecule has 2 aliphatic rings. The highest BCUT2D eigenvalue weighted by atomic mass is 16.2. The quantitative estimate of drug-likeness (QED) is 0.747. The fourth-order valence-corrected chi connectivity index (χ4v) is 2.64. The van der Waals surface area contributed by atoms with Gasteiger partial charge < -0.3 is 10.2 Å². The zero-order chi connectivity index (χ0) is 10.5. The van der Waals surface area contributed by atoms with Crippen molar-refractivity contribution in [3.63, 3.8) is 0 Å². The van der Waals surface area contributed by atoms with Gasteiger partial charge in [0.1, 0.15) is 0 Å². The Labute approximate surface area is 92.2 Å². The van der Waals surface area contributed by atoms with E-state index in [0.29, 0.717) is 11.8 Å². The second kappa shape index (κ2) is 5.50. The number of hydrogen-bond acceptors (Lipinski definition) is 2. The van der Waals surface area contributed by atoms with Gasteiger partial charge in [-0.1, -0.05) is 0 Å². The van der Waals surface area contributed by atoms with E-state index in [4.69, 9.17) is 0 Å². The maximum Gasteiger partial charge on any atom is 0.222 e. The summed E-state index contributed by atoms with van der Waals surface area (Å²) >= 11 is 0. The normalized spacial score (nSPS) is 27.7. The minimum Gasteiger partial charge on any atom is -0.343 e. The minimum absolute atomic E-state index is 0.402. The Morgan fingerprint density at radius 1 is 1.13 bits per heavy atom. The molecule has 0 aromatic heterocycles. The van der Waals surface area contributed by atoms with Gasteiger partial charge in [-0.15, -0.1) is 0 Å². The van der Waals surface area contributed by atoms with Crippen LogP contribution in [0.1, 0.15) is 38.5 Å². The highest BCUT2D eigenvalue weighted by Gasteiger charge is 2.22. The lowest BCUT2D eigenvalue weighted by Crippen LogP contribution is -2.29. The molecule has 2 rings (SSSR count). The lowest BCUT2D eigenvalue weighted by atomic mass is 9.96. The van der Waals surface area contributed by atoms with E-state index < -0.39 is 0 Å². The summed E-state index contributed by atoms with van der Waals surface area (Å²) in [5.74, 6) is 1.03. The third kappa shape index (κ3) is 3.20. The SMILES string of the molecule is O=C(C[C@@H]1CCCNCC1)N1CCCC1. The number of nitrogens with zero attached hydrogens (tertiary/aromatic N) is 1. The molecule has 0 aromatic rings. The van der Waals surface area contributed by atoms with E-state index in [1.165, 1.54) is 32.1 Å². The highest BCUT2D eigenvalue weighted by molar-refractivity contribution is 5.76. The Bertz CT molecular complexity index is 204. The van der Waals surface area contributed by atoms with Gasteiger partial charge in [0.2, 0.25) is 5.91 Å². The molecule has 2 heterocycles. The predicted octanol–water partition coefficient (Wildman–Crippen LogP) is 1.39. The monoisotopic (exact) mass is 210 g/mol. The second-order valence-corrected chi connectivity index (χ2v) is 4.84. The van der Waals surface area contributed by atoms with E-state index in [1.54, 1.807) is 0 Å². The standard InChI is InChI=1S/C12H22N2O/c15-12(14-8-1-2-9-14)10-11-4-3-6-13-7-5-11/h11,13H,1-10H2/t11-/m1/s1. The van der Waals surface area contributed by atoms with Crippen LogP contribution >= 0.6 is 0 Å². The third-order valence-electron chi connectivity index (χ3n) is 3.62. The summed E-state index contributed by atoms with van der Waals surface area (Å²) in [6.07, 6.45) is 6.85. The number of carbonyl (C=O) groups is 1. The highest BCUT2D eigenvalue weighted by Crippen LogP contribution is 2.20. The van der Waals surface area contributed by atoms with Crippen LogP contribution in [-0.2, 0) is 4.79 Å². The first-order valence-electron chi connectivity index (χ1n) is 6.35. The van der Waals surface area contributed by atoms with Crippen LogP contribution in [0.25, 0.3) is 0 Å². The third-order valence-corrected chi connectivity index (χ3v) is 3.62. The maximum absolute atomic E-state index is 11.9. The molecule has 86 valence electrons. The van der Waals surface area contributed by atoms with Gasteiger partial charge in [-0.05, 0) is 51.1 Å². The van der Waals surface area contributed by atoms with Crippen LogP contribution in [0, 0.1) is 5.92 Å². The van der Waals surface area contributed by atoms with E-state index >= 15 is 0 Å². The van der Waals surface area contributed by atoms with Gasteiger partial charge in [0.15, 0.2) is 0 Å². The van der Waals surface area contributed by atoms with Crippen LogP contribution in [-0.4, -0.2) is 37.0 Å². The van der Waals surface area contributed by atoms with Crippen molar-refractivity contribution in [3.8, 4) is 0 Å². The lowest BCUT2D eigenvalue weighted by Gasteiger charge is -2.19. The Morgan fingerprint density at radius 3 is 2.73 bits per heavy atom. The van der Waals surface area contributed by atoms with E-state index in [2.05, 4.69) is 10.2 Å². The van der Waals surface area contributed by atoms with Gasteiger partial charge in [-0.2, -0.15) is 0 Å². The van der Waals surface area contributed by atoms with Crippen molar-refractivity contribution >= 4 is 5.91 Å². The van der Waals surface area contributed by atoms with Gasteiger partial charge in [0, 0.05) is 19.5 Å². The van der Waals surface area contributed by atoms with Crippen molar-refractivity contribution in [1.29, 1.82) is 0 Å². The molecule has 2 aliphatic heterocycles. The predicted molar refractivity (Wildman–Crippen MR) is 60.6 cm³/mol. The molecule has 2 saturated heterocycles. The second-order valence-electron chi connectivity index (χ2n) is 4.84. The average Bonchev–Trinajstić information content (AvgIpc) is 2.65. The first kappa shape index (κ1) is 10.9. The Balaban J connectivity index is 1.76. The zero-order valence-electron chi connectivity index (χ0n) is 9.50.